The summed E-state index contributed by atoms with van der Waals surface area (Å²) in [6.07, 6.45) is 0.949. The Morgan fingerprint density at radius 1 is 0.667 bits per heavy atom. The number of hydrogen-bond donors (Lipinski definition) is 0. The second-order valence-corrected chi connectivity index (χ2v) is 3.62. The predicted molar refractivity (Wildman–Crippen MR) is 59.6 cm³/mol. The van der Waals surface area contributed by atoms with Crippen molar-refractivity contribution in [3.63, 3.8) is 0 Å². The first-order chi connectivity index (χ1) is 7.42. The van der Waals surface area contributed by atoms with E-state index in [-0.39, 0.29) is 0 Å². The number of hydrogen-bond acceptors (Lipinski definition) is 0. The van der Waals surface area contributed by atoms with Crippen molar-refractivity contribution in [1.82, 2.24) is 0 Å². The Kier molecular flexibility index (Phi) is 1.65. The molecule has 0 bridgehead atoms. The van der Waals surface area contributed by atoms with Crippen LogP contribution in [0.15, 0.2) is 54.8 Å². The number of rotatable bonds is 0. The first-order valence-corrected chi connectivity index (χ1v) is 4.93. The van der Waals surface area contributed by atoms with Crippen molar-refractivity contribution in [2.24, 2.45) is 0 Å². The SMILES string of the molecule is [O]C=C1c2ccccc2-c2ccccc21. The Bertz CT molecular complexity index is 505. The maximum atomic E-state index is 11.1. The van der Waals surface area contributed by atoms with Crippen molar-refractivity contribution >= 4 is 5.57 Å². The van der Waals surface area contributed by atoms with Gasteiger partial charge in [0.25, 0.3) is 0 Å². The Hall–Kier alpha value is -2.02. The van der Waals surface area contributed by atoms with Gasteiger partial charge in [-0.2, -0.15) is 0 Å². The normalized spacial score (nSPS) is 12.1. The van der Waals surface area contributed by atoms with Crippen LogP contribution in [0.25, 0.3) is 16.7 Å². The molecule has 2 aromatic carbocycles. The summed E-state index contributed by atoms with van der Waals surface area (Å²) in [7, 11) is 0. The summed E-state index contributed by atoms with van der Waals surface area (Å²) in [5.41, 5.74) is 5.23. The lowest BCUT2D eigenvalue weighted by Crippen LogP contribution is -1.78. The van der Waals surface area contributed by atoms with Gasteiger partial charge in [-0.3, -0.25) is 5.11 Å². The molecule has 1 aliphatic carbocycles. The molecule has 0 amide bonds. The van der Waals surface area contributed by atoms with Crippen LogP contribution in [0.2, 0.25) is 0 Å². The second kappa shape index (κ2) is 2.99. The highest BCUT2D eigenvalue weighted by atomic mass is 16.2. The highest BCUT2D eigenvalue weighted by Crippen LogP contribution is 2.43. The second-order valence-electron chi connectivity index (χ2n) is 3.62. The van der Waals surface area contributed by atoms with Crippen molar-refractivity contribution in [2.75, 3.05) is 0 Å². The van der Waals surface area contributed by atoms with E-state index in [0.717, 1.165) is 34.1 Å². The summed E-state index contributed by atoms with van der Waals surface area (Å²) in [4.78, 5) is 0. The van der Waals surface area contributed by atoms with Crippen LogP contribution in [0.5, 0.6) is 0 Å². The summed E-state index contributed by atoms with van der Waals surface area (Å²) in [5, 5.41) is 11.1. The average Bonchev–Trinajstić information content (AvgIpc) is 2.63. The molecule has 1 radical (unpaired) electrons. The lowest BCUT2D eigenvalue weighted by Gasteiger charge is -1.97. The first kappa shape index (κ1) is 8.30. The molecule has 0 fully saturated rings. The summed E-state index contributed by atoms with van der Waals surface area (Å²) in [6, 6.07) is 16.1. The Balaban J connectivity index is 2.41. The Morgan fingerprint density at radius 3 is 1.47 bits per heavy atom. The predicted octanol–water partition coefficient (Wildman–Crippen LogP) is 3.49. The third-order valence-electron chi connectivity index (χ3n) is 2.84. The van der Waals surface area contributed by atoms with Crippen molar-refractivity contribution < 1.29 is 5.11 Å². The van der Waals surface area contributed by atoms with Gasteiger partial charge < -0.3 is 0 Å². The van der Waals surface area contributed by atoms with E-state index in [4.69, 9.17) is 0 Å². The largest absolute Gasteiger partial charge is 0.298 e. The maximum Gasteiger partial charge on any atom is 0.151 e. The first-order valence-electron chi connectivity index (χ1n) is 4.93. The molecule has 0 saturated heterocycles. The monoisotopic (exact) mass is 193 g/mol. The van der Waals surface area contributed by atoms with Gasteiger partial charge in [0.15, 0.2) is 6.26 Å². The van der Waals surface area contributed by atoms with Gasteiger partial charge in [-0.1, -0.05) is 48.5 Å². The molecule has 0 aromatic heterocycles. The molecule has 0 aliphatic heterocycles. The van der Waals surface area contributed by atoms with Crippen LogP contribution < -0.4 is 0 Å². The molecule has 15 heavy (non-hydrogen) atoms. The van der Waals surface area contributed by atoms with Gasteiger partial charge in [-0.05, 0) is 22.3 Å². The molecule has 3 rings (SSSR count). The van der Waals surface area contributed by atoms with E-state index in [2.05, 4.69) is 12.1 Å². The lowest BCUT2D eigenvalue weighted by molar-refractivity contribution is 0.354. The van der Waals surface area contributed by atoms with Crippen molar-refractivity contribution in [3.8, 4) is 11.1 Å². The topological polar surface area (TPSA) is 19.9 Å². The molecule has 0 spiro atoms. The summed E-state index contributed by atoms with van der Waals surface area (Å²) in [5.74, 6) is 0. The fraction of sp³-hybridized carbons (Fsp3) is 0. The van der Waals surface area contributed by atoms with E-state index in [1.807, 2.05) is 36.4 Å². The van der Waals surface area contributed by atoms with E-state index in [1.54, 1.807) is 0 Å². The molecule has 0 saturated carbocycles. The van der Waals surface area contributed by atoms with Crippen LogP contribution in [0.1, 0.15) is 11.1 Å². The molecule has 0 heterocycles. The van der Waals surface area contributed by atoms with Gasteiger partial charge in [-0.15, -0.1) is 0 Å². The van der Waals surface area contributed by atoms with Crippen molar-refractivity contribution in [1.29, 1.82) is 0 Å². The molecule has 1 heteroatoms. The van der Waals surface area contributed by atoms with Gasteiger partial charge in [-0.25, -0.2) is 0 Å². The molecule has 2 aromatic rings. The molecular weight excluding hydrogens is 184 g/mol. The van der Waals surface area contributed by atoms with E-state index in [9.17, 15) is 5.11 Å². The molecule has 1 aliphatic rings. The van der Waals surface area contributed by atoms with Crippen LogP contribution in [-0.4, -0.2) is 0 Å². The summed E-state index contributed by atoms with van der Waals surface area (Å²) in [6.45, 7) is 0. The highest BCUT2D eigenvalue weighted by Gasteiger charge is 2.22. The van der Waals surface area contributed by atoms with Crippen LogP contribution in [0, 0.1) is 0 Å². The lowest BCUT2D eigenvalue weighted by atomic mass is 10.1. The third kappa shape index (κ3) is 1.03. The fourth-order valence-electron chi connectivity index (χ4n) is 2.18. The standard InChI is InChI=1S/C14H9O/c15-9-14-12-7-3-1-5-10(12)11-6-2-4-8-13(11)14/h1-9H. The van der Waals surface area contributed by atoms with Gasteiger partial charge in [0.1, 0.15) is 0 Å². The zero-order valence-corrected chi connectivity index (χ0v) is 8.10. The van der Waals surface area contributed by atoms with E-state index < -0.39 is 0 Å². The molecule has 0 unspecified atom stereocenters. The van der Waals surface area contributed by atoms with E-state index in [0.29, 0.717) is 0 Å². The minimum atomic E-state index is 0.807. The van der Waals surface area contributed by atoms with Crippen molar-refractivity contribution in [2.45, 2.75) is 0 Å². The fourth-order valence-corrected chi connectivity index (χ4v) is 2.18. The third-order valence-corrected chi connectivity index (χ3v) is 2.84. The van der Waals surface area contributed by atoms with Crippen LogP contribution in [0.3, 0.4) is 0 Å². The van der Waals surface area contributed by atoms with Crippen LogP contribution >= 0.6 is 0 Å². The minimum absolute atomic E-state index is 0.807. The van der Waals surface area contributed by atoms with Crippen LogP contribution in [-0.2, 0) is 5.11 Å². The highest BCUT2D eigenvalue weighted by molar-refractivity contribution is 6.00. The minimum Gasteiger partial charge on any atom is -0.298 e. The Morgan fingerprint density at radius 2 is 1.07 bits per heavy atom. The van der Waals surface area contributed by atoms with E-state index >= 15 is 0 Å². The quantitative estimate of drug-likeness (QED) is 0.487. The van der Waals surface area contributed by atoms with Crippen molar-refractivity contribution in [3.05, 3.63) is 65.9 Å². The molecule has 1 nitrogen and oxygen atoms in total. The zero-order valence-electron chi connectivity index (χ0n) is 8.10. The van der Waals surface area contributed by atoms with Gasteiger partial charge in [0.2, 0.25) is 0 Å². The molecule has 71 valence electrons. The smallest absolute Gasteiger partial charge is 0.151 e. The average molecular weight is 193 g/mol. The molecule has 0 N–H and O–H groups in total. The number of benzene rings is 2. The van der Waals surface area contributed by atoms with E-state index in [1.165, 1.54) is 0 Å². The Labute approximate surface area is 88.3 Å². The number of fused-ring (bicyclic) bond motifs is 3. The molecule has 0 atom stereocenters. The van der Waals surface area contributed by atoms with Gasteiger partial charge >= 0.3 is 0 Å². The van der Waals surface area contributed by atoms with Crippen LogP contribution in [0.4, 0.5) is 0 Å². The van der Waals surface area contributed by atoms with Gasteiger partial charge in [0.05, 0.1) is 0 Å². The maximum absolute atomic E-state index is 11.1. The summed E-state index contributed by atoms with van der Waals surface area (Å²) < 4.78 is 0. The zero-order chi connectivity index (χ0) is 10.3. The molecular formula is C14H9O. The van der Waals surface area contributed by atoms with Gasteiger partial charge in [0, 0.05) is 5.57 Å². The summed E-state index contributed by atoms with van der Waals surface area (Å²) >= 11 is 0.